The molecule has 0 bridgehead atoms. The van der Waals surface area contributed by atoms with Gasteiger partial charge in [0.25, 0.3) is 0 Å². The molecule has 1 aromatic carbocycles. The summed E-state index contributed by atoms with van der Waals surface area (Å²) in [4.78, 5) is 0.281. The van der Waals surface area contributed by atoms with E-state index in [4.69, 9.17) is 11.6 Å². The molecule has 0 heterocycles. The van der Waals surface area contributed by atoms with Gasteiger partial charge in [-0.15, -0.1) is 0 Å². The zero-order chi connectivity index (χ0) is 14.8. The molecule has 0 spiro atoms. The third-order valence-corrected chi connectivity index (χ3v) is 5.08. The van der Waals surface area contributed by atoms with Gasteiger partial charge in [-0.1, -0.05) is 25.4 Å². The van der Waals surface area contributed by atoms with Crippen molar-refractivity contribution in [1.29, 1.82) is 0 Å². The standard InChI is InChI=1S/C14H21ClN2O2S/c1-10(2)16-9-12-7-13(5-6-14(12)15)20(18,19)17-8-11-3-4-11/h5-7,10-11,16-17H,3-4,8-9H2,1-2H3. The van der Waals surface area contributed by atoms with Crippen LogP contribution in [0.25, 0.3) is 0 Å². The minimum Gasteiger partial charge on any atom is -0.310 e. The summed E-state index contributed by atoms with van der Waals surface area (Å²) in [7, 11) is -3.43. The van der Waals surface area contributed by atoms with Crippen LogP contribution in [0, 0.1) is 5.92 Å². The van der Waals surface area contributed by atoms with Gasteiger partial charge in [0.05, 0.1) is 4.90 Å². The highest BCUT2D eigenvalue weighted by Crippen LogP contribution is 2.28. The topological polar surface area (TPSA) is 58.2 Å². The Kier molecular flexibility index (Phi) is 5.07. The summed E-state index contributed by atoms with van der Waals surface area (Å²) in [5.74, 6) is 0.513. The van der Waals surface area contributed by atoms with Gasteiger partial charge in [-0.3, -0.25) is 0 Å². The van der Waals surface area contributed by atoms with Crippen LogP contribution in [0.4, 0.5) is 0 Å². The maximum absolute atomic E-state index is 12.2. The quantitative estimate of drug-likeness (QED) is 0.812. The molecule has 1 saturated carbocycles. The molecule has 2 rings (SSSR count). The fraction of sp³-hybridized carbons (Fsp3) is 0.571. The van der Waals surface area contributed by atoms with Crippen LogP contribution in [0.15, 0.2) is 23.1 Å². The maximum atomic E-state index is 12.2. The van der Waals surface area contributed by atoms with Crippen LogP contribution in [0.3, 0.4) is 0 Å². The molecule has 1 aliphatic rings. The zero-order valence-corrected chi connectivity index (χ0v) is 13.4. The molecule has 0 amide bonds. The lowest BCUT2D eigenvalue weighted by Gasteiger charge is -2.12. The highest BCUT2D eigenvalue weighted by Gasteiger charge is 2.24. The first-order chi connectivity index (χ1) is 9.38. The fourth-order valence-electron chi connectivity index (χ4n) is 1.80. The molecule has 20 heavy (non-hydrogen) atoms. The van der Waals surface area contributed by atoms with Crippen molar-refractivity contribution >= 4 is 21.6 Å². The summed E-state index contributed by atoms with van der Waals surface area (Å²) in [6.07, 6.45) is 2.24. The van der Waals surface area contributed by atoms with Crippen LogP contribution in [-0.4, -0.2) is 21.0 Å². The molecule has 0 saturated heterocycles. The molecular weight excluding hydrogens is 296 g/mol. The van der Waals surface area contributed by atoms with Gasteiger partial charge in [0.1, 0.15) is 0 Å². The Labute approximate surface area is 126 Å². The zero-order valence-electron chi connectivity index (χ0n) is 11.8. The smallest absolute Gasteiger partial charge is 0.240 e. The van der Waals surface area contributed by atoms with Crippen LogP contribution < -0.4 is 10.0 Å². The number of nitrogens with one attached hydrogen (secondary N) is 2. The number of hydrogen-bond donors (Lipinski definition) is 2. The third kappa shape index (κ3) is 4.45. The van der Waals surface area contributed by atoms with Crippen LogP contribution in [0.5, 0.6) is 0 Å². The molecule has 1 aliphatic carbocycles. The van der Waals surface area contributed by atoms with Crippen LogP contribution >= 0.6 is 11.6 Å². The Morgan fingerprint density at radius 1 is 1.35 bits per heavy atom. The van der Waals surface area contributed by atoms with Gasteiger partial charge in [-0.2, -0.15) is 0 Å². The molecule has 0 aromatic heterocycles. The number of rotatable bonds is 7. The van der Waals surface area contributed by atoms with Gasteiger partial charge >= 0.3 is 0 Å². The van der Waals surface area contributed by atoms with E-state index in [0.29, 0.717) is 30.1 Å². The summed E-state index contributed by atoms with van der Waals surface area (Å²) >= 11 is 6.11. The minimum absolute atomic E-state index is 0.281. The van der Waals surface area contributed by atoms with Crippen molar-refractivity contribution in [3.8, 4) is 0 Å². The van der Waals surface area contributed by atoms with E-state index in [1.165, 1.54) is 0 Å². The first-order valence-electron chi connectivity index (χ1n) is 6.90. The van der Waals surface area contributed by atoms with Crippen LogP contribution in [-0.2, 0) is 16.6 Å². The number of benzene rings is 1. The Balaban J connectivity index is 2.12. The molecular formula is C14H21ClN2O2S. The summed E-state index contributed by atoms with van der Waals surface area (Å²) in [5, 5.41) is 3.82. The normalized spacial score (nSPS) is 15.8. The second-order valence-corrected chi connectivity index (χ2v) is 7.76. The molecule has 0 radical (unpaired) electrons. The van der Waals surface area contributed by atoms with Crippen LogP contribution in [0.2, 0.25) is 5.02 Å². The highest BCUT2D eigenvalue weighted by atomic mass is 35.5. The predicted octanol–water partition coefficient (Wildman–Crippen LogP) is 2.53. The molecule has 0 unspecified atom stereocenters. The first kappa shape index (κ1) is 15.8. The van der Waals surface area contributed by atoms with Gasteiger partial charge < -0.3 is 5.32 Å². The average Bonchev–Trinajstić information content (AvgIpc) is 3.19. The lowest BCUT2D eigenvalue weighted by Crippen LogP contribution is -2.26. The summed E-state index contributed by atoms with van der Waals surface area (Å²) < 4.78 is 27.0. The Hall–Kier alpha value is -0.620. The van der Waals surface area contributed by atoms with Crippen molar-refractivity contribution in [2.24, 2.45) is 5.92 Å². The van der Waals surface area contributed by atoms with E-state index in [-0.39, 0.29) is 4.90 Å². The number of halogens is 1. The first-order valence-corrected chi connectivity index (χ1v) is 8.76. The molecule has 0 atom stereocenters. The summed E-state index contributed by atoms with van der Waals surface area (Å²) in [6, 6.07) is 5.16. The van der Waals surface area contributed by atoms with E-state index in [9.17, 15) is 8.42 Å². The van der Waals surface area contributed by atoms with Crippen molar-refractivity contribution in [3.63, 3.8) is 0 Å². The highest BCUT2D eigenvalue weighted by molar-refractivity contribution is 7.89. The molecule has 0 aliphatic heterocycles. The fourth-order valence-corrected chi connectivity index (χ4v) is 3.15. The van der Waals surface area contributed by atoms with Gasteiger partial charge in [0.15, 0.2) is 0 Å². The lowest BCUT2D eigenvalue weighted by atomic mass is 10.2. The number of hydrogen-bond acceptors (Lipinski definition) is 3. The summed E-state index contributed by atoms with van der Waals surface area (Å²) in [5.41, 5.74) is 0.801. The van der Waals surface area contributed by atoms with E-state index in [1.807, 2.05) is 13.8 Å². The largest absolute Gasteiger partial charge is 0.310 e. The molecule has 112 valence electrons. The molecule has 6 heteroatoms. The van der Waals surface area contributed by atoms with E-state index < -0.39 is 10.0 Å². The van der Waals surface area contributed by atoms with E-state index in [0.717, 1.165) is 18.4 Å². The van der Waals surface area contributed by atoms with Crippen molar-refractivity contribution in [2.75, 3.05) is 6.54 Å². The third-order valence-electron chi connectivity index (χ3n) is 3.29. The van der Waals surface area contributed by atoms with Crippen molar-refractivity contribution in [1.82, 2.24) is 10.0 Å². The Morgan fingerprint density at radius 3 is 2.65 bits per heavy atom. The number of sulfonamides is 1. The van der Waals surface area contributed by atoms with Gasteiger partial charge in [-0.05, 0) is 42.5 Å². The van der Waals surface area contributed by atoms with Crippen molar-refractivity contribution < 1.29 is 8.42 Å². The van der Waals surface area contributed by atoms with E-state index in [1.54, 1.807) is 18.2 Å². The van der Waals surface area contributed by atoms with Gasteiger partial charge in [0, 0.05) is 24.2 Å². The Bertz CT molecular complexity index is 569. The van der Waals surface area contributed by atoms with Gasteiger partial charge in [0.2, 0.25) is 10.0 Å². The Morgan fingerprint density at radius 2 is 2.05 bits per heavy atom. The maximum Gasteiger partial charge on any atom is 0.240 e. The monoisotopic (exact) mass is 316 g/mol. The van der Waals surface area contributed by atoms with Crippen molar-refractivity contribution in [2.45, 2.75) is 44.2 Å². The SMILES string of the molecule is CC(C)NCc1cc(S(=O)(=O)NCC2CC2)ccc1Cl. The molecule has 2 N–H and O–H groups in total. The van der Waals surface area contributed by atoms with Crippen molar-refractivity contribution in [3.05, 3.63) is 28.8 Å². The van der Waals surface area contributed by atoms with Gasteiger partial charge in [-0.25, -0.2) is 13.1 Å². The second kappa shape index (κ2) is 6.43. The lowest BCUT2D eigenvalue weighted by molar-refractivity contribution is 0.575. The minimum atomic E-state index is -3.43. The molecule has 1 fully saturated rings. The molecule has 1 aromatic rings. The van der Waals surface area contributed by atoms with Crippen LogP contribution in [0.1, 0.15) is 32.3 Å². The van der Waals surface area contributed by atoms with E-state index >= 15 is 0 Å². The summed E-state index contributed by atoms with van der Waals surface area (Å²) in [6.45, 7) is 5.16. The average molecular weight is 317 g/mol. The molecule has 4 nitrogen and oxygen atoms in total. The van der Waals surface area contributed by atoms with E-state index in [2.05, 4.69) is 10.0 Å². The predicted molar refractivity (Wildman–Crippen MR) is 81.3 cm³/mol. The second-order valence-electron chi connectivity index (χ2n) is 5.58.